The van der Waals surface area contributed by atoms with Gasteiger partial charge in [0.25, 0.3) is 5.91 Å². The lowest BCUT2D eigenvalue weighted by Crippen LogP contribution is -2.39. The molecule has 2 aromatic carbocycles. The SMILES string of the molecule is CC(C)c1ccccc1N=C1SCCCN1C(=O)c1ccc(OC(F)F)cc1. The number of halogens is 2. The Balaban J connectivity index is 1.86. The maximum Gasteiger partial charge on any atom is 0.387 e. The van der Waals surface area contributed by atoms with Gasteiger partial charge in [0.1, 0.15) is 5.75 Å². The van der Waals surface area contributed by atoms with Crippen LogP contribution in [0.2, 0.25) is 0 Å². The Morgan fingerprint density at radius 3 is 2.54 bits per heavy atom. The summed E-state index contributed by atoms with van der Waals surface area (Å²) in [5, 5.41) is 0.664. The Labute approximate surface area is 167 Å². The number of thioether (sulfide) groups is 1. The Bertz CT molecular complexity index is 854. The third-order valence-electron chi connectivity index (χ3n) is 4.33. The Morgan fingerprint density at radius 2 is 1.86 bits per heavy atom. The van der Waals surface area contributed by atoms with Gasteiger partial charge in [0, 0.05) is 17.9 Å². The molecule has 28 heavy (non-hydrogen) atoms. The second kappa shape index (κ2) is 9.19. The minimum absolute atomic E-state index is 0.0271. The van der Waals surface area contributed by atoms with Crippen LogP contribution in [-0.4, -0.2) is 34.9 Å². The summed E-state index contributed by atoms with van der Waals surface area (Å²) in [6.07, 6.45) is 0.869. The first-order valence-electron chi connectivity index (χ1n) is 9.13. The summed E-state index contributed by atoms with van der Waals surface area (Å²) < 4.78 is 28.9. The number of aliphatic imine (C=N–C) groups is 1. The van der Waals surface area contributed by atoms with E-state index in [0.717, 1.165) is 23.4 Å². The van der Waals surface area contributed by atoms with Crippen LogP contribution in [0, 0.1) is 0 Å². The number of amides is 1. The Hall–Kier alpha value is -2.41. The van der Waals surface area contributed by atoms with E-state index in [9.17, 15) is 13.6 Å². The standard InChI is InChI=1S/C21H22F2N2O2S/c1-14(2)17-6-3-4-7-18(17)24-21-25(12-5-13-28-21)19(26)15-8-10-16(11-9-15)27-20(22)23/h3-4,6-11,14,20H,5,12-13H2,1-2H3. The molecular formula is C21H22F2N2O2S. The molecular weight excluding hydrogens is 382 g/mol. The fourth-order valence-corrected chi connectivity index (χ4v) is 3.91. The van der Waals surface area contributed by atoms with Crippen molar-refractivity contribution in [2.75, 3.05) is 12.3 Å². The Kier molecular flexibility index (Phi) is 6.67. The molecule has 1 aliphatic rings. The van der Waals surface area contributed by atoms with E-state index >= 15 is 0 Å². The number of hydrogen-bond donors (Lipinski definition) is 0. The van der Waals surface area contributed by atoms with Gasteiger partial charge >= 0.3 is 6.61 Å². The zero-order chi connectivity index (χ0) is 20.1. The summed E-state index contributed by atoms with van der Waals surface area (Å²) in [4.78, 5) is 19.4. The normalized spacial score (nSPS) is 16.1. The first-order valence-corrected chi connectivity index (χ1v) is 10.1. The van der Waals surface area contributed by atoms with Gasteiger partial charge < -0.3 is 4.74 Å². The largest absolute Gasteiger partial charge is 0.435 e. The molecule has 0 unspecified atom stereocenters. The summed E-state index contributed by atoms with van der Waals surface area (Å²) in [6, 6.07) is 13.7. The van der Waals surface area contributed by atoms with Crippen LogP contribution in [0.1, 0.15) is 42.1 Å². The molecule has 0 N–H and O–H groups in total. The highest BCUT2D eigenvalue weighted by molar-refractivity contribution is 8.13. The van der Waals surface area contributed by atoms with E-state index in [-0.39, 0.29) is 11.7 Å². The number of alkyl halides is 2. The lowest BCUT2D eigenvalue weighted by molar-refractivity contribution is -0.0498. The molecule has 148 valence electrons. The van der Waals surface area contributed by atoms with E-state index < -0.39 is 6.61 Å². The van der Waals surface area contributed by atoms with E-state index in [4.69, 9.17) is 4.99 Å². The number of rotatable bonds is 5. The minimum Gasteiger partial charge on any atom is -0.435 e. The van der Waals surface area contributed by atoms with Crippen LogP contribution in [0.4, 0.5) is 14.5 Å². The predicted octanol–water partition coefficient (Wildman–Crippen LogP) is 5.68. The van der Waals surface area contributed by atoms with Crippen molar-refractivity contribution in [3.63, 3.8) is 0 Å². The number of benzene rings is 2. The maximum atomic E-state index is 13.0. The average Bonchev–Trinajstić information content (AvgIpc) is 2.68. The van der Waals surface area contributed by atoms with E-state index in [0.29, 0.717) is 23.2 Å². The van der Waals surface area contributed by atoms with Crippen molar-refractivity contribution in [1.29, 1.82) is 0 Å². The quantitative estimate of drug-likeness (QED) is 0.644. The number of carbonyl (C=O) groups is 1. The highest BCUT2D eigenvalue weighted by Gasteiger charge is 2.25. The van der Waals surface area contributed by atoms with E-state index in [1.54, 1.807) is 16.7 Å². The molecule has 1 amide bonds. The summed E-state index contributed by atoms with van der Waals surface area (Å²) in [5.74, 6) is 1.05. The van der Waals surface area contributed by atoms with Crippen molar-refractivity contribution in [1.82, 2.24) is 4.90 Å². The molecule has 1 fully saturated rings. The first kappa shape index (κ1) is 20.3. The molecule has 3 rings (SSSR count). The zero-order valence-corrected chi connectivity index (χ0v) is 16.6. The number of nitrogens with zero attached hydrogens (tertiary/aromatic N) is 2. The smallest absolute Gasteiger partial charge is 0.387 e. The fourth-order valence-electron chi connectivity index (χ4n) is 2.96. The molecule has 7 heteroatoms. The van der Waals surface area contributed by atoms with Gasteiger partial charge in [0.05, 0.1) is 5.69 Å². The van der Waals surface area contributed by atoms with Crippen LogP contribution in [0.5, 0.6) is 5.75 Å². The monoisotopic (exact) mass is 404 g/mol. The van der Waals surface area contributed by atoms with Crippen molar-refractivity contribution in [3.8, 4) is 5.75 Å². The van der Waals surface area contributed by atoms with Crippen LogP contribution in [0.15, 0.2) is 53.5 Å². The van der Waals surface area contributed by atoms with Crippen LogP contribution in [-0.2, 0) is 0 Å². The third-order valence-corrected chi connectivity index (χ3v) is 5.40. The Morgan fingerprint density at radius 1 is 1.14 bits per heavy atom. The lowest BCUT2D eigenvalue weighted by atomic mass is 10.0. The molecule has 4 nitrogen and oxygen atoms in total. The first-order chi connectivity index (χ1) is 13.5. The van der Waals surface area contributed by atoms with Gasteiger partial charge in [-0.3, -0.25) is 9.69 Å². The van der Waals surface area contributed by atoms with Gasteiger partial charge in [0.2, 0.25) is 0 Å². The van der Waals surface area contributed by atoms with Crippen LogP contribution >= 0.6 is 11.8 Å². The highest BCUT2D eigenvalue weighted by Crippen LogP contribution is 2.30. The number of para-hydroxylation sites is 1. The van der Waals surface area contributed by atoms with Crippen molar-refractivity contribution < 1.29 is 18.3 Å². The molecule has 2 aromatic rings. The zero-order valence-electron chi connectivity index (χ0n) is 15.8. The van der Waals surface area contributed by atoms with Crippen molar-refractivity contribution in [3.05, 3.63) is 59.7 Å². The third kappa shape index (κ3) is 4.90. The summed E-state index contributed by atoms with van der Waals surface area (Å²) in [7, 11) is 0. The average molecular weight is 404 g/mol. The molecule has 0 bridgehead atoms. The second-order valence-corrected chi connectivity index (χ2v) is 7.73. The van der Waals surface area contributed by atoms with Crippen molar-refractivity contribution >= 4 is 28.5 Å². The van der Waals surface area contributed by atoms with Crippen molar-refractivity contribution in [2.45, 2.75) is 32.8 Å². The molecule has 1 saturated heterocycles. The van der Waals surface area contributed by atoms with Crippen molar-refractivity contribution in [2.24, 2.45) is 4.99 Å². The fraction of sp³-hybridized carbons (Fsp3) is 0.333. The molecule has 0 radical (unpaired) electrons. The number of hydrogen-bond acceptors (Lipinski definition) is 4. The second-order valence-electron chi connectivity index (χ2n) is 6.67. The number of amidine groups is 1. The van der Waals surface area contributed by atoms with Gasteiger partial charge in [-0.2, -0.15) is 8.78 Å². The van der Waals surface area contributed by atoms with Gasteiger partial charge in [-0.25, -0.2) is 4.99 Å². The minimum atomic E-state index is -2.89. The van der Waals surface area contributed by atoms with Crippen LogP contribution < -0.4 is 4.74 Å². The predicted molar refractivity (Wildman–Crippen MR) is 109 cm³/mol. The summed E-state index contributed by atoms with van der Waals surface area (Å²) in [5.41, 5.74) is 2.40. The van der Waals surface area contributed by atoms with Crippen LogP contribution in [0.25, 0.3) is 0 Å². The lowest BCUT2D eigenvalue weighted by Gasteiger charge is -2.28. The van der Waals surface area contributed by atoms with E-state index in [1.807, 2.05) is 24.3 Å². The number of carbonyl (C=O) groups excluding carboxylic acids is 1. The molecule has 0 spiro atoms. The van der Waals surface area contributed by atoms with Gasteiger partial charge in [-0.15, -0.1) is 0 Å². The summed E-state index contributed by atoms with van der Waals surface area (Å²) in [6.45, 7) is 1.90. The maximum absolute atomic E-state index is 13.0. The van der Waals surface area contributed by atoms with Gasteiger partial charge in [-0.1, -0.05) is 43.8 Å². The molecule has 0 saturated carbocycles. The van der Waals surface area contributed by atoms with Gasteiger partial charge in [-0.05, 0) is 48.2 Å². The highest BCUT2D eigenvalue weighted by atomic mass is 32.2. The summed E-state index contributed by atoms with van der Waals surface area (Å²) >= 11 is 1.55. The molecule has 1 aliphatic heterocycles. The van der Waals surface area contributed by atoms with Crippen LogP contribution in [0.3, 0.4) is 0 Å². The van der Waals surface area contributed by atoms with E-state index in [2.05, 4.69) is 18.6 Å². The molecule has 0 aliphatic carbocycles. The number of ether oxygens (including phenoxy) is 1. The van der Waals surface area contributed by atoms with Gasteiger partial charge in [0.15, 0.2) is 5.17 Å². The molecule has 0 atom stereocenters. The molecule has 1 heterocycles. The topological polar surface area (TPSA) is 41.9 Å². The molecule has 0 aromatic heterocycles. The van der Waals surface area contributed by atoms with E-state index in [1.165, 1.54) is 24.3 Å².